The summed E-state index contributed by atoms with van der Waals surface area (Å²) >= 11 is 0. The lowest BCUT2D eigenvalue weighted by Crippen LogP contribution is -2.10. The number of amides is 1. The zero-order chi connectivity index (χ0) is 16.2. The number of carbonyl (C=O) groups is 1. The van der Waals surface area contributed by atoms with E-state index in [1.54, 1.807) is 12.1 Å². The minimum absolute atomic E-state index is 0.0279. The number of anilines is 1. The van der Waals surface area contributed by atoms with E-state index in [1.807, 2.05) is 0 Å². The van der Waals surface area contributed by atoms with Gasteiger partial charge < -0.3 is 5.32 Å². The number of benzene rings is 1. The molecule has 1 aromatic rings. The molecule has 1 N–H and O–H groups in total. The standard InChI is InChI=1S/C17H26N2O3/c1-2-3-4-5-6-7-8-9-10-17(20)18-15-11-13-16(14-12-15)19(21)22/h11-14H,2-10H2,1H3,(H,18,20). The van der Waals surface area contributed by atoms with Gasteiger partial charge in [-0.25, -0.2) is 0 Å². The van der Waals surface area contributed by atoms with Crippen LogP contribution >= 0.6 is 0 Å². The number of hydrogen-bond acceptors (Lipinski definition) is 3. The molecule has 0 heterocycles. The van der Waals surface area contributed by atoms with Crippen molar-refractivity contribution in [3.8, 4) is 0 Å². The molecule has 1 amide bonds. The van der Waals surface area contributed by atoms with Gasteiger partial charge in [0.05, 0.1) is 4.92 Å². The van der Waals surface area contributed by atoms with Crippen LogP contribution in [0.4, 0.5) is 11.4 Å². The van der Waals surface area contributed by atoms with Crippen molar-refractivity contribution in [2.45, 2.75) is 64.7 Å². The molecule has 0 atom stereocenters. The zero-order valence-electron chi connectivity index (χ0n) is 13.3. The molecule has 5 nitrogen and oxygen atoms in total. The molecule has 0 fully saturated rings. The second-order valence-corrected chi connectivity index (χ2v) is 5.58. The fraction of sp³-hybridized carbons (Fsp3) is 0.588. The van der Waals surface area contributed by atoms with Gasteiger partial charge in [-0.2, -0.15) is 0 Å². The van der Waals surface area contributed by atoms with Crippen molar-refractivity contribution in [1.82, 2.24) is 0 Å². The van der Waals surface area contributed by atoms with Crippen LogP contribution in [0, 0.1) is 10.1 Å². The minimum atomic E-state index is -0.452. The predicted molar refractivity (Wildman–Crippen MR) is 89.0 cm³/mol. The maximum absolute atomic E-state index is 11.8. The first-order valence-corrected chi connectivity index (χ1v) is 8.17. The topological polar surface area (TPSA) is 72.2 Å². The average molecular weight is 306 g/mol. The highest BCUT2D eigenvalue weighted by Crippen LogP contribution is 2.16. The van der Waals surface area contributed by atoms with E-state index in [4.69, 9.17) is 0 Å². The Bertz CT molecular complexity index is 457. The third-order valence-electron chi connectivity index (χ3n) is 3.62. The normalized spacial score (nSPS) is 10.4. The Labute approximate surface area is 132 Å². The van der Waals surface area contributed by atoms with Crippen LogP contribution in [0.1, 0.15) is 64.7 Å². The molecule has 5 heteroatoms. The summed E-state index contributed by atoms with van der Waals surface area (Å²) in [5.41, 5.74) is 0.635. The smallest absolute Gasteiger partial charge is 0.269 e. The molecule has 1 rings (SSSR count). The first-order valence-electron chi connectivity index (χ1n) is 8.17. The molecule has 0 spiro atoms. The highest BCUT2D eigenvalue weighted by Gasteiger charge is 2.06. The number of nitro benzene ring substituents is 1. The van der Waals surface area contributed by atoms with Gasteiger partial charge in [0.1, 0.15) is 0 Å². The first-order chi connectivity index (χ1) is 10.6. The molecular formula is C17H26N2O3. The molecule has 0 radical (unpaired) electrons. The van der Waals surface area contributed by atoms with Crippen LogP contribution in [0.15, 0.2) is 24.3 Å². The Morgan fingerprint density at radius 2 is 1.55 bits per heavy atom. The van der Waals surface area contributed by atoms with Crippen molar-refractivity contribution < 1.29 is 9.72 Å². The Kier molecular flexibility index (Phi) is 8.88. The van der Waals surface area contributed by atoms with Crippen LogP contribution in [0.5, 0.6) is 0 Å². The van der Waals surface area contributed by atoms with Gasteiger partial charge in [0.15, 0.2) is 0 Å². The summed E-state index contributed by atoms with van der Waals surface area (Å²) in [6.45, 7) is 2.21. The third kappa shape index (κ3) is 7.76. The summed E-state index contributed by atoms with van der Waals surface area (Å²) in [6.07, 6.45) is 10.1. The van der Waals surface area contributed by atoms with Crippen LogP contribution in [0.2, 0.25) is 0 Å². The number of carbonyl (C=O) groups excluding carboxylic acids is 1. The molecular weight excluding hydrogens is 280 g/mol. The van der Waals surface area contributed by atoms with Gasteiger partial charge in [-0.1, -0.05) is 51.9 Å². The number of rotatable bonds is 11. The highest BCUT2D eigenvalue weighted by molar-refractivity contribution is 5.90. The Morgan fingerprint density at radius 3 is 2.09 bits per heavy atom. The Morgan fingerprint density at radius 1 is 1.00 bits per heavy atom. The van der Waals surface area contributed by atoms with E-state index in [2.05, 4.69) is 12.2 Å². The lowest BCUT2D eigenvalue weighted by Gasteiger charge is -2.05. The molecule has 0 aliphatic carbocycles. The van der Waals surface area contributed by atoms with Crippen molar-refractivity contribution in [2.75, 3.05) is 5.32 Å². The van der Waals surface area contributed by atoms with E-state index >= 15 is 0 Å². The van der Waals surface area contributed by atoms with Crippen molar-refractivity contribution >= 4 is 17.3 Å². The largest absolute Gasteiger partial charge is 0.326 e. The molecule has 0 unspecified atom stereocenters. The van der Waals surface area contributed by atoms with Gasteiger partial charge in [0, 0.05) is 24.2 Å². The van der Waals surface area contributed by atoms with E-state index in [1.165, 1.54) is 50.7 Å². The average Bonchev–Trinajstić information content (AvgIpc) is 2.50. The SMILES string of the molecule is CCCCCCCCCCC(=O)Nc1ccc([N+](=O)[O-])cc1. The second kappa shape index (κ2) is 10.8. The van der Waals surface area contributed by atoms with E-state index in [9.17, 15) is 14.9 Å². The monoisotopic (exact) mass is 306 g/mol. The molecule has 122 valence electrons. The van der Waals surface area contributed by atoms with Crippen molar-refractivity contribution in [3.63, 3.8) is 0 Å². The first kappa shape index (κ1) is 18.1. The van der Waals surface area contributed by atoms with Crippen molar-refractivity contribution in [2.24, 2.45) is 0 Å². The van der Waals surface area contributed by atoms with E-state index < -0.39 is 4.92 Å². The zero-order valence-corrected chi connectivity index (χ0v) is 13.3. The Hall–Kier alpha value is -1.91. The molecule has 0 saturated carbocycles. The Balaban J connectivity index is 2.12. The van der Waals surface area contributed by atoms with Crippen LogP contribution in [-0.4, -0.2) is 10.8 Å². The van der Waals surface area contributed by atoms with Crippen LogP contribution in [-0.2, 0) is 4.79 Å². The van der Waals surface area contributed by atoms with Crippen molar-refractivity contribution in [1.29, 1.82) is 0 Å². The van der Waals surface area contributed by atoms with E-state index in [-0.39, 0.29) is 11.6 Å². The van der Waals surface area contributed by atoms with Crippen LogP contribution < -0.4 is 5.32 Å². The quantitative estimate of drug-likeness (QED) is 0.352. The third-order valence-corrected chi connectivity index (χ3v) is 3.62. The predicted octanol–water partition coefficient (Wildman–Crippen LogP) is 5.06. The van der Waals surface area contributed by atoms with Crippen LogP contribution in [0.25, 0.3) is 0 Å². The fourth-order valence-corrected chi connectivity index (χ4v) is 2.31. The second-order valence-electron chi connectivity index (χ2n) is 5.58. The summed E-state index contributed by atoms with van der Waals surface area (Å²) in [5.74, 6) is -0.0279. The van der Waals surface area contributed by atoms with Gasteiger partial charge in [-0.15, -0.1) is 0 Å². The van der Waals surface area contributed by atoms with Gasteiger partial charge >= 0.3 is 0 Å². The summed E-state index contributed by atoms with van der Waals surface area (Å²) in [5, 5.41) is 13.3. The molecule has 22 heavy (non-hydrogen) atoms. The summed E-state index contributed by atoms with van der Waals surface area (Å²) in [6, 6.07) is 5.91. The summed E-state index contributed by atoms with van der Waals surface area (Å²) in [7, 11) is 0. The van der Waals surface area contributed by atoms with Gasteiger partial charge in [0.2, 0.25) is 5.91 Å². The molecule has 0 aliphatic rings. The van der Waals surface area contributed by atoms with E-state index in [0.717, 1.165) is 12.8 Å². The molecule has 0 aromatic heterocycles. The lowest BCUT2D eigenvalue weighted by atomic mass is 10.1. The number of hydrogen-bond donors (Lipinski definition) is 1. The molecule has 0 bridgehead atoms. The maximum Gasteiger partial charge on any atom is 0.269 e. The molecule has 0 aliphatic heterocycles. The summed E-state index contributed by atoms with van der Waals surface area (Å²) in [4.78, 5) is 21.8. The van der Waals surface area contributed by atoms with Gasteiger partial charge in [-0.05, 0) is 18.6 Å². The van der Waals surface area contributed by atoms with Gasteiger partial charge in [0.25, 0.3) is 5.69 Å². The number of non-ortho nitro benzene ring substituents is 1. The number of nitrogens with one attached hydrogen (secondary N) is 1. The fourth-order valence-electron chi connectivity index (χ4n) is 2.31. The lowest BCUT2D eigenvalue weighted by molar-refractivity contribution is -0.384. The van der Waals surface area contributed by atoms with Crippen LogP contribution in [0.3, 0.4) is 0 Å². The summed E-state index contributed by atoms with van der Waals surface area (Å²) < 4.78 is 0. The molecule has 0 saturated heterocycles. The number of unbranched alkanes of at least 4 members (excludes halogenated alkanes) is 7. The maximum atomic E-state index is 11.8. The minimum Gasteiger partial charge on any atom is -0.326 e. The van der Waals surface area contributed by atoms with E-state index in [0.29, 0.717) is 12.1 Å². The van der Waals surface area contributed by atoms with Gasteiger partial charge in [-0.3, -0.25) is 14.9 Å². The highest BCUT2D eigenvalue weighted by atomic mass is 16.6. The number of nitro groups is 1. The number of nitrogens with zero attached hydrogens (tertiary/aromatic N) is 1. The van der Waals surface area contributed by atoms with Crippen molar-refractivity contribution in [3.05, 3.63) is 34.4 Å². The molecule has 1 aromatic carbocycles.